The highest BCUT2D eigenvalue weighted by molar-refractivity contribution is 7.11. The normalized spacial score (nSPS) is 10.5. The summed E-state index contributed by atoms with van der Waals surface area (Å²) in [5.74, 6) is 0. The molecule has 6 heteroatoms. The molecule has 0 amide bonds. The number of anilines is 1. The van der Waals surface area contributed by atoms with Crippen molar-refractivity contribution in [1.29, 1.82) is 0 Å². The van der Waals surface area contributed by atoms with Crippen LogP contribution in [0.3, 0.4) is 0 Å². The number of halogens is 1. The van der Waals surface area contributed by atoms with E-state index in [0.717, 1.165) is 11.3 Å². The first-order valence-corrected chi connectivity index (χ1v) is 6.90. The second-order valence-corrected chi connectivity index (χ2v) is 6.02. The predicted molar refractivity (Wildman–Crippen MR) is 79.2 cm³/mol. The van der Waals surface area contributed by atoms with Gasteiger partial charge in [-0.15, -0.1) is 11.3 Å². The number of benzene rings is 1. The molecular formula is C13H13ClN2O2S. The van der Waals surface area contributed by atoms with E-state index in [9.17, 15) is 10.1 Å². The van der Waals surface area contributed by atoms with Crippen molar-refractivity contribution < 1.29 is 4.92 Å². The van der Waals surface area contributed by atoms with Crippen molar-refractivity contribution in [3.8, 4) is 0 Å². The van der Waals surface area contributed by atoms with Crippen molar-refractivity contribution in [3.63, 3.8) is 0 Å². The Morgan fingerprint density at radius 3 is 2.68 bits per heavy atom. The average Bonchev–Trinajstić information content (AvgIpc) is 2.75. The number of hydrogen-bond acceptors (Lipinski definition) is 4. The van der Waals surface area contributed by atoms with Crippen LogP contribution >= 0.6 is 22.9 Å². The third-order valence-corrected chi connectivity index (χ3v) is 4.04. The summed E-state index contributed by atoms with van der Waals surface area (Å²) in [4.78, 5) is 12.8. The zero-order valence-corrected chi connectivity index (χ0v) is 12.1. The fourth-order valence-corrected chi connectivity index (χ4v) is 2.82. The summed E-state index contributed by atoms with van der Waals surface area (Å²) in [5, 5.41) is 14.2. The van der Waals surface area contributed by atoms with Gasteiger partial charge in [-0.1, -0.05) is 11.6 Å². The summed E-state index contributed by atoms with van der Waals surface area (Å²) in [5.41, 5.74) is 1.57. The molecule has 1 aromatic carbocycles. The molecule has 1 N–H and O–H groups in total. The van der Waals surface area contributed by atoms with Crippen molar-refractivity contribution in [3.05, 3.63) is 54.7 Å². The van der Waals surface area contributed by atoms with Crippen LogP contribution in [0.2, 0.25) is 5.02 Å². The standard InChI is InChI=1S/C13H13ClN2O2S/c1-8-5-13(16(17)18)11(14)6-12(8)15-7-10-4-3-9(2)19-10/h3-6,15H,7H2,1-2H3. The van der Waals surface area contributed by atoms with Gasteiger partial charge in [0.15, 0.2) is 0 Å². The van der Waals surface area contributed by atoms with E-state index < -0.39 is 4.92 Å². The Balaban J connectivity index is 2.17. The number of aryl methyl sites for hydroxylation is 2. The van der Waals surface area contributed by atoms with Crippen LogP contribution < -0.4 is 5.32 Å². The van der Waals surface area contributed by atoms with Gasteiger partial charge in [0.2, 0.25) is 0 Å². The van der Waals surface area contributed by atoms with Crippen molar-refractivity contribution in [1.82, 2.24) is 0 Å². The molecule has 0 unspecified atom stereocenters. The number of hydrogen-bond donors (Lipinski definition) is 1. The lowest BCUT2D eigenvalue weighted by atomic mass is 10.1. The molecule has 0 fully saturated rings. The van der Waals surface area contributed by atoms with E-state index in [-0.39, 0.29) is 10.7 Å². The molecule has 0 aliphatic rings. The molecule has 0 atom stereocenters. The second-order valence-electron chi connectivity index (χ2n) is 4.24. The van der Waals surface area contributed by atoms with E-state index in [4.69, 9.17) is 11.6 Å². The first-order valence-electron chi connectivity index (χ1n) is 5.71. The number of nitro groups is 1. The van der Waals surface area contributed by atoms with E-state index in [0.29, 0.717) is 6.54 Å². The highest BCUT2D eigenvalue weighted by atomic mass is 35.5. The molecule has 1 aromatic heterocycles. The largest absolute Gasteiger partial charge is 0.380 e. The summed E-state index contributed by atoms with van der Waals surface area (Å²) < 4.78 is 0. The molecule has 1 heterocycles. The van der Waals surface area contributed by atoms with Gasteiger partial charge in [0.05, 0.1) is 4.92 Å². The van der Waals surface area contributed by atoms with E-state index >= 15 is 0 Å². The van der Waals surface area contributed by atoms with Gasteiger partial charge in [0.1, 0.15) is 5.02 Å². The Morgan fingerprint density at radius 1 is 1.37 bits per heavy atom. The molecule has 0 aliphatic heterocycles. The Hall–Kier alpha value is -1.59. The number of rotatable bonds is 4. The molecular weight excluding hydrogens is 284 g/mol. The maximum Gasteiger partial charge on any atom is 0.288 e. The zero-order valence-electron chi connectivity index (χ0n) is 10.6. The van der Waals surface area contributed by atoms with Crippen molar-refractivity contribution in [2.45, 2.75) is 20.4 Å². The second kappa shape index (κ2) is 5.59. The van der Waals surface area contributed by atoms with Crippen LogP contribution in [0, 0.1) is 24.0 Å². The van der Waals surface area contributed by atoms with Gasteiger partial charge in [-0.3, -0.25) is 10.1 Å². The summed E-state index contributed by atoms with van der Waals surface area (Å²) >= 11 is 7.62. The number of nitrogens with one attached hydrogen (secondary N) is 1. The summed E-state index contributed by atoms with van der Waals surface area (Å²) in [6.45, 7) is 4.57. The van der Waals surface area contributed by atoms with Gasteiger partial charge in [0, 0.05) is 28.1 Å². The van der Waals surface area contributed by atoms with Gasteiger partial charge in [-0.25, -0.2) is 0 Å². The first-order chi connectivity index (χ1) is 8.97. The van der Waals surface area contributed by atoms with Crippen molar-refractivity contribution >= 4 is 34.3 Å². The average molecular weight is 297 g/mol. The maximum absolute atomic E-state index is 10.8. The minimum Gasteiger partial charge on any atom is -0.380 e. The van der Waals surface area contributed by atoms with Crippen LogP contribution in [0.4, 0.5) is 11.4 Å². The van der Waals surface area contributed by atoms with Crippen LogP contribution in [0.5, 0.6) is 0 Å². The molecule has 19 heavy (non-hydrogen) atoms. The first kappa shape index (κ1) is 13.8. The molecule has 2 rings (SSSR count). The minimum absolute atomic E-state index is 0.0586. The van der Waals surface area contributed by atoms with Gasteiger partial charge in [0.25, 0.3) is 5.69 Å². The Kier molecular flexibility index (Phi) is 4.07. The quantitative estimate of drug-likeness (QED) is 0.665. The molecule has 0 aliphatic carbocycles. The fourth-order valence-electron chi connectivity index (χ4n) is 1.76. The van der Waals surface area contributed by atoms with E-state index in [1.54, 1.807) is 17.4 Å². The third-order valence-electron chi connectivity index (χ3n) is 2.74. The molecule has 0 saturated heterocycles. The molecule has 0 bridgehead atoms. The monoisotopic (exact) mass is 296 g/mol. The highest BCUT2D eigenvalue weighted by Crippen LogP contribution is 2.31. The molecule has 0 spiro atoms. The van der Waals surface area contributed by atoms with E-state index in [2.05, 4.69) is 24.4 Å². The van der Waals surface area contributed by atoms with Crippen molar-refractivity contribution in [2.24, 2.45) is 0 Å². The van der Waals surface area contributed by atoms with Crippen LogP contribution in [0.15, 0.2) is 24.3 Å². The number of nitrogens with zero attached hydrogens (tertiary/aromatic N) is 1. The van der Waals surface area contributed by atoms with E-state index in [1.165, 1.54) is 15.8 Å². The van der Waals surface area contributed by atoms with Gasteiger partial charge in [-0.05, 0) is 37.6 Å². The van der Waals surface area contributed by atoms with Crippen LogP contribution in [-0.2, 0) is 6.54 Å². The summed E-state index contributed by atoms with van der Waals surface area (Å²) in [7, 11) is 0. The van der Waals surface area contributed by atoms with Crippen LogP contribution in [0.1, 0.15) is 15.3 Å². The number of thiophene rings is 1. The molecule has 2 aromatic rings. The van der Waals surface area contributed by atoms with Gasteiger partial charge in [-0.2, -0.15) is 0 Å². The molecule has 0 saturated carbocycles. The zero-order chi connectivity index (χ0) is 14.0. The Morgan fingerprint density at radius 2 is 2.11 bits per heavy atom. The number of nitro benzene ring substituents is 1. The SMILES string of the molecule is Cc1ccc(CNc2cc(Cl)c([N+](=O)[O-])cc2C)s1. The van der Waals surface area contributed by atoms with Crippen molar-refractivity contribution in [2.75, 3.05) is 5.32 Å². The molecule has 0 radical (unpaired) electrons. The lowest BCUT2D eigenvalue weighted by Gasteiger charge is -2.09. The van der Waals surface area contributed by atoms with Crippen LogP contribution in [0.25, 0.3) is 0 Å². The predicted octanol–water partition coefficient (Wildman–Crippen LogP) is 4.54. The highest BCUT2D eigenvalue weighted by Gasteiger charge is 2.14. The van der Waals surface area contributed by atoms with Gasteiger partial charge < -0.3 is 5.32 Å². The molecule has 100 valence electrons. The van der Waals surface area contributed by atoms with Crippen LogP contribution in [-0.4, -0.2) is 4.92 Å². The minimum atomic E-state index is -0.470. The lowest BCUT2D eigenvalue weighted by molar-refractivity contribution is -0.384. The van der Waals surface area contributed by atoms with Gasteiger partial charge >= 0.3 is 0 Å². The van der Waals surface area contributed by atoms with E-state index in [1.807, 2.05) is 6.92 Å². The Bertz CT molecular complexity index is 625. The summed E-state index contributed by atoms with van der Waals surface area (Å²) in [6, 6.07) is 7.23. The third kappa shape index (κ3) is 3.24. The maximum atomic E-state index is 10.8. The molecule has 4 nitrogen and oxygen atoms in total. The Labute approximate surface area is 120 Å². The topological polar surface area (TPSA) is 55.2 Å². The summed E-state index contributed by atoms with van der Waals surface area (Å²) in [6.07, 6.45) is 0. The smallest absolute Gasteiger partial charge is 0.288 e. The lowest BCUT2D eigenvalue weighted by Crippen LogP contribution is -2.00. The fraction of sp³-hybridized carbons (Fsp3) is 0.231.